The van der Waals surface area contributed by atoms with E-state index in [0.29, 0.717) is 45.6 Å². The molecular weight excluding hydrogens is 507 g/mol. The molecule has 2 aromatic rings. The molecule has 4 rings (SSSR count). The maximum Gasteiger partial charge on any atom is 0.244 e. The van der Waals surface area contributed by atoms with Crippen LogP contribution in [0.1, 0.15) is 12.8 Å². The predicted octanol–water partition coefficient (Wildman–Crippen LogP) is 2.94. The Kier molecular flexibility index (Phi) is 7.52. The average Bonchev–Trinajstić information content (AvgIpc) is 3.30. The first kappa shape index (κ1) is 24.7. The fourth-order valence-corrected chi connectivity index (χ4v) is 8.17. The van der Waals surface area contributed by atoms with E-state index in [1.165, 1.54) is 16.4 Å². The highest BCUT2D eigenvalue weighted by Crippen LogP contribution is 2.33. The summed E-state index contributed by atoms with van der Waals surface area (Å²) in [5.74, 6) is -0.00994. The highest BCUT2D eigenvalue weighted by atomic mass is 35.5. The van der Waals surface area contributed by atoms with E-state index in [2.05, 4.69) is 9.88 Å². The van der Waals surface area contributed by atoms with Gasteiger partial charge in [-0.3, -0.25) is 4.98 Å². The van der Waals surface area contributed by atoms with Crippen LogP contribution in [0, 0.1) is 5.92 Å². The smallest absolute Gasteiger partial charge is 0.244 e. The Bertz CT molecular complexity index is 1190. The minimum absolute atomic E-state index is 0.0103. The maximum atomic E-state index is 13.0. The minimum atomic E-state index is -3.78. The van der Waals surface area contributed by atoms with Crippen molar-refractivity contribution in [3.05, 3.63) is 52.8 Å². The lowest BCUT2D eigenvalue weighted by Gasteiger charge is -2.35. The molecule has 1 atom stereocenters. The summed E-state index contributed by atoms with van der Waals surface area (Å²) in [6.07, 6.45) is 4.48. The second-order valence-electron chi connectivity index (χ2n) is 8.27. The van der Waals surface area contributed by atoms with Gasteiger partial charge in [0.25, 0.3) is 0 Å². The van der Waals surface area contributed by atoms with Crippen molar-refractivity contribution >= 4 is 48.9 Å². The molecule has 3 heterocycles. The summed E-state index contributed by atoms with van der Waals surface area (Å²) in [6, 6.07) is 8.36. The van der Waals surface area contributed by atoms with Crippen LogP contribution in [0.4, 0.5) is 5.69 Å². The molecule has 180 valence electrons. The number of pyridine rings is 1. The quantitative estimate of drug-likeness (QED) is 0.544. The molecule has 1 aromatic carbocycles. The summed E-state index contributed by atoms with van der Waals surface area (Å²) in [7, 11) is -7.19. The van der Waals surface area contributed by atoms with Gasteiger partial charge in [-0.05, 0) is 43.0 Å². The molecule has 2 aliphatic rings. The zero-order valence-electron chi connectivity index (χ0n) is 18.0. The molecule has 0 N–H and O–H groups in total. The van der Waals surface area contributed by atoms with Crippen LogP contribution in [-0.4, -0.2) is 75.5 Å². The molecule has 2 fully saturated rings. The number of nitrogens with zero attached hydrogens (tertiary/aromatic N) is 4. The third-order valence-electron chi connectivity index (χ3n) is 6.23. The van der Waals surface area contributed by atoms with Crippen LogP contribution in [0.5, 0.6) is 0 Å². The monoisotopic (exact) mass is 532 g/mol. The van der Waals surface area contributed by atoms with Crippen molar-refractivity contribution in [2.45, 2.75) is 17.7 Å². The number of sulfonamides is 2. The molecule has 0 bridgehead atoms. The van der Waals surface area contributed by atoms with Crippen molar-refractivity contribution in [2.24, 2.45) is 5.92 Å². The van der Waals surface area contributed by atoms with Gasteiger partial charge in [0.05, 0.1) is 15.8 Å². The van der Waals surface area contributed by atoms with Gasteiger partial charge < -0.3 is 4.90 Å². The van der Waals surface area contributed by atoms with E-state index in [1.807, 2.05) is 12.1 Å². The zero-order valence-corrected chi connectivity index (χ0v) is 21.1. The number of rotatable bonds is 7. The molecule has 8 nitrogen and oxygen atoms in total. The second-order valence-corrected chi connectivity index (χ2v) is 13.0. The zero-order chi connectivity index (χ0) is 23.6. The standard InChI is InChI=1S/C21H26Cl2N4O4S2/c22-19-2-1-3-20(21(19)23)33(30,31)27-10-6-17(16-27)7-15-32(28,29)26-13-11-25(12-14-26)18-4-8-24-9-5-18/h1-5,8-9,17H,6-7,10-16H2. The Labute approximate surface area is 205 Å². The van der Waals surface area contributed by atoms with Crippen LogP contribution in [-0.2, 0) is 20.0 Å². The predicted molar refractivity (Wildman–Crippen MR) is 130 cm³/mol. The van der Waals surface area contributed by atoms with Crippen molar-refractivity contribution in [1.29, 1.82) is 0 Å². The lowest BCUT2D eigenvalue weighted by molar-refractivity contribution is 0.381. The summed E-state index contributed by atoms with van der Waals surface area (Å²) in [4.78, 5) is 6.15. The van der Waals surface area contributed by atoms with Crippen LogP contribution < -0.4 is 4.90 Å². The Morgan fingerprint density at radius 3 is 2.30 bits per heavy atom. The Balaban J connectivity index is 1.31. The lowest BCUT2D eigenvalue weighted by Crippen LogP contribution is -2.49. The van der Waals surface area contributed by atoms with Crippen molar-refractivity contribution < 1.29 is 16.8 Å². The molecule has 0 aliphatic carbocycles. The molecule has 2 aliphatic heterocycles. The highest BCUT2D eigenvalue weighted by molar-refractivity contribution is 7.89. The topological polar surface area (TPSA) is 90.9 Å². The molecule has 12 heteroatoms. The van der Waals surface area contributed by atoms with E-state index in [0.717, 1.165) is 5.69 Å². The van der Waals surface area contributed by atoms with Crippen LogP contribution in [0.2, 0.25) is 10.0 Å². The van der Waals surface area contributed by atoms with E-state index in [9.17, 15) is 16.8 Å². The molecule has 2 saturated heterocycles. The third kappa shape index (κ3) is 5.47. The van der Waals surface area contributed by atoms with Crippen molar-refractivity contribution in [3.8, 4) is 0 Å². The lowest BCUT2D eigenvalue weighted by atomic mass is 10.1. The van der Waals surface area contributed by atoms with Gasteiger partial charge in [-0.15, -0.1) is 0 Å². The third-order valence-corrected chi connectivity index (χ3v) is 11.0. The Morgan fingerprint density at radius 1 is 0.909 bits per heavy atom. The van der Waals surface area contributed by atoms with Gasteiger partial charge in [0.1, 0.15) is 4.90 Å². The van der Waals surface area contributed by atoms with Gasteiger partial charge in [-0.2, -0.15) is 8.61 Å². The van der Waals surface area contributed by atoms with Gasteiger partial charge in [-0.25, -0.2) is 16.8 Å². The van der Waals surface area contributed by atoms with Crippen LogP contribution in [0.15, 0.2) is 47.6 Å². The Morgan fingerprint density at radius 2 is 1.61 bits per heavy atom. The number of aromatic nitrogens is 1. The van der Waals surface area contributed by atoms with Gasteiger partial charge in [0, 0.05) is 57.3 Å². The highest BCUT2D eigenvalue weighted by Gasteiger charge is 2.35. The van der Waals surface area contributed by atoms with E-state index in [-0.39, 0.29) is 33.2 Å². The number of halogens is 2. The SMILES string of the molecule is O=S(=O)(CCC1CCN(S(=O)(=O)c2cccc(Cl)c2Cl)C1)N1CCN(c2ccncc2)CC1. The Hall–Kier alpha value is -1.43. The molecule has 1 aromatic heterocycles. The summed E-state index contributed by atoms with van der Waals surface area (Å²) < 4.78 is 54.7. The molecule has 0 amide bonds. The average molecular weight is 534 g/mol. The minimum Gasteiger partial charge on any atom is -0.369 e. The van der Waals surface area contributed by atoms with Crippen molar-refractivity contribution in [1.82, 2.24) is 13.6 Å². The van der Waals surface area contributed by atoms with Gasteiger partial charge in [-0.1, -0.05) is 29.3 Å². The van der Waals surface area contributed by atoms with E-state index < -0.39 is 20.0 Å². The first-order valence-electron chi connectivity index (χ1n) is 10.8. The fourth-order valence-electron chi connectivity index (χ4n) is 4.30. The van der Waals surface area contributed by atoms with Crippen LogP contribution in [0.3, 0.4) is 0 Å². The van der Waals surface area contributed by atoms with E-state index in [4.69, 9.17) is 23.2 Å². The molecule has 0 spiro atoms. The molecule has 0 radical (unpaired) electrons. The van der Waals surface area contributed by atoms with Gasteiger partial charge in [0.2, 0.25) is 20.0 Å². The number of piperazine rings is 1. The second kappa shape index (κ2) is 10.1. The number of hydrogen-bond donors (Lipinski definition) is 0. The molecule has 1 unspecified atom stereocenters. The number of anilines is 1. The summed E-state index contributed by atoms with van der Waals surface area (Å²) in [6.45, 7) is 2.72. The largest absolute Gasteiger partial charge is 0.369 e. The van der Waals surface area contributed by atoms with Crippen LogP contribution >= 0.6 is 23.2 Å². The first-order chi connectivity index (χ1) is 15.7. The number of benzene rings is 1. The van der Waals surface area contributed by atoms with E-state index >= 15 is 0 Å². The van der Waals surface area contributed by atoms with Gasteiger partial charge >= 0.3 is 0 Å². The summed E-state index contributed by atoms with van der Waals surface area (Å²) in [5, 5.41) is 0.194. The van der Waals surface area contributed by atoms with E-state index in [1.54, 1.807) is 22.8 Å². The molecule has 33 heavy (non-hydrogen) atoms. The summed E-state index contributed by atoms with van der Waals surface area (Å²) in [5.41, 5.74) is 1.04. The maximum absolute atomic E-state index is 13.0. The fraction of sp³-hybridized carbons (Fsp3) is 0.476. The first-order valence-corrected chi connectivity index (χ1v) is 14.6. The van der Waals surface area contributed by atoms with Gasteiger partial charge in [0.15, 0.2) is 0 Å². The van der Waals surface area contributed by atoms with Crippen molar-refractivity contribution in [2.75, 3.05) is 49.9 Å². The molecular formula is C21H26Cl2N4O4S2. The van der Waals surface area contributed by atoms with Crippen LogP contribution in [0.25, 0.3) is 0 Å². The molecule has 0 saturated carbocycles. The number of hydrogen-bond acceptors (Lipinski definition) is 6. The van der Waals surface area contributed by atoms with Crippen molar-refractivity contribution in [3.63, 3.8) is 0 Å². The summed E-state index contributed by atoms with van der Waals surface area (Å²) >= 11 is 12.1. The normalized spacial score (nSPS) is 20.9.